The Morgan fingerprint density at radius 1 is 0.800 bits per heavy atom. The molecule has 0 aliphatic carbocycles. The van der Waals surface area contributed by atoms with E-state index in [0.717, 1.165) is 6.42 Å². The van der Waals surface area contributed by atoms with Crippen LogP contribution in [0.5, 0.6) is 0 Å². The molecule has 2 nitrogen and oxygen atoms in total. The quantitative estimate of drug-likeness (QED) is 0.676. The predicted octanol–water partition coefficient (Wildman–Crippen LogP) is 3.91. The molecule has 0 aromatic rings. The van der Waals surface area contributed by atoms with E-state index in [4.69, 9.17) is 8.23 Å². The highest BCUT2D eigenvalue weighted by molar-refractivity contribution is 6.89. The Kier molecular flexibility index (Phi) is 5.47. The lowest BCUT2D eigenvalue weighted by molar-refractivity contribution is 0.394. The zero-order chi connectivity index (χ0) is 12.3. The summed E-state index contributed by atoms with van der Waals surface area (Å²) in [5.41, 5.74) is 0. The standard InChI is InChI=1S/C10H27O2Si3/c1-9-10-15(8,11-13(2,3)4)12-14(5,6)7/h10H,9H2,1-8H3. The van der Waals surface area contributed by atoms with Gasteiger partial charge in [-0.2, -0.15) is 0 Å². The van der Waals surface area contributed by atoms with Crippen LogP contribution in [0, 0.1) is 6.04 Å². The molecule has 5 heteroatoms. The van der Waals surface area contributed by atoms with Crippen LogP contribution in [-0.2, 0) is 8.23 Å². The van der Waals surface area contributed by atoms with E-state index in [1.54, 1.807) is 0 Å². The van der Waals surface area contributed by atoms with Gasteiger partial charge >= 0.3 is 8.56 Å². The summed E-state index contributed by atoms with van der Waals surface area (Å²) in [5, 5.41) is 0. The minimum absolute atomic E-state index is 1.04. The SMILES string of the molecule is CC[CH][Si](C)(O[Si](C)(C)C)O[Si](C)(C)C. The lowest BCUT2D eigenvalue weighted by Gasteiger charge is -2.38. The maximum Gasteiger partial charge on any atom is 0.317 e. The van der Waals surface area contributed by atoms with Crippen LogP contribution in [0.1, 0.15) is 13.3 Å². The summed E-state index contributed by atoms with van der Waals surface area (Å²) in [6.07, 6.45) is 1.04. The lowest BCUT2D eigenvalue weighted by atomic mass is 10.6. The molecule has 0 spiro atoms. The number of hydrogen-bond donors (Lipinski definition) is 0. The molecule has 91 valence electrons. The number of hydrogen-bond acceptors (Lipinski definition) is 2. The van der Waals surface area contributed by atoms with E-state index in [0.29, 0.717) is 0 Å². The van der Waals surface area contributed by atoms with Crippen LogP contribution in [0.4, 0.5) is 0 Å². The molecule has 0 aliphatic heterocycles. The van der Waals surface area contributed by atoms with Crippen LogP contribution in [0.3, 0.4) is 0 Å². The van der Waals surface area contributed by atoms with Gasteiger partial charge in [-0.3, -0.25) is 0 Å². The van der Waals surface area contributed by atoms with Gasteiger partial charge in [0.25, 0.3) is 0 Å². The van der Waals surface area contributed by atoms with E-state index in [2.05, 4.69) is 58.8 Å². The smallest absolute Gasteiger partial charge is 0.317 e. The van der Waals surface area contributed by atoms with Crippen molar-refractivity contribution in [2.75, 3.05) is 0 Å². The molecule has 0 fully saturated rings. The molecule has 0 aromatic carbocycles. The average molecular weight is 264 g/mol. The number of rotatable bonds is 6. The Morgan fingerprint density at radius 2 is 1.13 bits per heavy atom. The molecule has 0 rings (SSSR count). The van der Waals surface area contributed by atoms with E-state index >= 15 is 0 Å². The van der Waals surface area contributed by atoms with Crippen molar-refractivity contribution in [3.63, 3.8) is 0 Å². The fourth-order valence-electron chi connectivity index (χ4n) is 1.69. The van der Waals surface area contributed by atoms with Gasteiger partial charge in [-0.25, -0.2) is 0 Å². The zero-order valence-electron chi connectivity index (χ0n) is 11.6. The van der Waals surface area contributed by atoms with Crippen molar-refractivity contribution in [1.29, 1.82) is 0 Å². The molecular formula is C10H27O2Si3. The third kappa shape index (κ3) is 8.39. The summed E-state index contributed by atoms with van der Waals surface area (Å²) in [6, 6.07) is 2.28. The van der Waals surface area contributed by atoms with Crippen LogP contribution >= 0.6 is 0 Å². The summed E-state index contributed by atoms with van der Waals surface area (Å²) < 4.78 is 12.6. The Hall–Kier alpha value is 0.571. The highest BCUT2D eigenvalue weighted by Crippen LogP contribution is 2.23. The molecule has 0 aliphatic rings. The van der Waals surface area contributed by atoms with E-state index in [-0.39, 0.29) is 0 Å². The van der Waals surface area contributed by atoms with Crippen molar-refractivity contribution in [3.8, 4) is 0 Å². The Bertz CT molecular complexity index is 178. The summed E-state index contributed by atoms with van der Waals surface area (Å²) in [5.74, 6) is 0. The first-order valence-electron chi connectivity index (χ1n) is 5.72. The van der Waals surface area contributed by atoms with Gasteiger partial charge in [0.05, 0.1) is 0 Å². The van der Waals surface area contributed by atoms with Crippen molar-refractivity contribution < 1.29 is 8.23 Å². The van der Waals surface area contributed by atoms with Gasteiger partial charge in [-0.05, 0) is 45.8 Å². The summed E-state index contributed by atoms with van der Waals surface area (Å²) in [7, 11) is -5.03. The van der Waals surface area contributed by atoms with Gasteiger partial charge in [0.2, 0.25) is 0 Å². The molecule has 0 N–H and O–H groups in total. The van der Waals surface area contributed by atoms with E-state index in [1.807, 2.05) is 0 Å². The second kappa shape index (κ2) is 5.27. The van der Waals surface area contributed by atoms with Crippen LogP contribution < -0.4 is 0 Å². The van der Waals surface area contributed by atoms with Crippen molar-refractivity contribution in [3.05, 3.63) is 6.04 Å². The molecule has 0 atom stereocenters. The molecule has 15 heavy (non-hydrogen) atoms. The minimum atomic E-state index is -2.02. The third-order valence-corrected chi connectivity index (χ3v) is 10.9. The Morgan fingerprint density at radius 3 is 1.33 bits per heavy atom. The van der Waals surface area contributed by atoms with Gasteiger partial charge < -0.3 is 8.23 Å². The normalized spacial score (nSPS) is 14.4. The maximum atomic E-state index is 6.28. The molecule has 0 saturated carbocycles. The van der Waals surface area contributed by atoms with Gasteiger partial charge in [0, 0.05) is 6.04 Å². The molecular weight excluding hydrogens is 236 g/mol. The molecule has 1 radical (unpaired) electrons. The average Bonchev–Trinajstić information content (AvgIpc) is 1.74. The van der Waals surface area contributed by atoms with Crippen molar-refractivity contribution in [1.82, 2.24) is 0 Å². The third-order valence-electron chi connectivity index (χ3n) is 1.59. The molecule has 0 amide bonds. The minimum Gasteiger partial charge on any atom is -0.436 e. The van der Waals surface area contributed by atoms with Gasteiger partial charge in [0.1, 0.15) is 0 Å². The van der Waals surface area contributed by atoms with Crippen molar-refractivity contribution >= 4 is 25.2 Å². The fourth-order valence-corrected chi connectivity index (χ4v) is 13.4. The van der Waals surface area contributed by atoms with Crippen molar-refractivity contribution in [2.24, 2.45) is 0 Å². The first kappa shape index (κ1) is 15.6. The summed E-state index contributed by atoms with van der Waals surface area (Å²) in [6.45, 7) is 17.7. The second-order valence-electron chi connectivity index (χ2n) is 6.06. The largest absolute Gasteiger partial charge is 0.436 e. The van der Waals surface area contributed by atoms with E-state index in [9.17, 15) is 0 Å². The molecule has 0 saturated heterocycles. The van der Waals surface area contributed by atoms with E-state index < -0.39 is 25.2 Å². The van der Waals surface area contributed by atoms with Crippen LogP contribution in [-0.4, -0.2) is 25.2 Å². The summed E-state index contributed by atoms with van der Waals surface area (Å²) >= 11 is 0. The van der Waals surface area contributed by atoms with Gasteiger partial charge in [0.15, 0.2) is 16.6 Å². The second-order valence-corrected chi connectivity index (χ2v) is 18.6. The summed E-state index contributed by atoms with van der Waals surface area (Å²) in [4.78, 5) is 0. The lowest BCUT2D eigenvalue weighted by Crippen LogP contribution is -2.53. The first-order valence-corrected chi connectivity index (χ1v) is 14.9. The molecule has 0 unspecified atom stereocenters. The topological polar surface area (TPSA) is 18.5 Å². The van der Waals surface area contributed by atoms with Gasteiger partial charge in [-0.1, -0.05) is 13.3 Å². The van der Waals surface area contributed by atoms with Crippen molar-refractivity contribution in [2.45, 2.75) is 59.2 Å². The molecule has 0 bridgehead atoms. The highest BCUT2D eigenvalue weighted by atomic mass is 28.5. The van der Waals surface area contributed by atoms with Crippen LogP contribution in [0.25, 0.3) is 0 Å². The molecule has 0 aromatic heterocycles. The van der Waals surface area contributed by atoms with E-state index in [1.165, 1.54) is 0 Å². The fraction of sp³-hybridized carbons (Fsp3) is 0.900. The predicted molar refractivity (Wildman–Crippen MR) is 75.1 cm³/mol. The zero-order valence-corrected chi connectivity index (χ0v) is 14.6. The van der Waals surface area contributed by atoms with Gasteiger partial charge in [-0.15, -0.1) is 0 Å². The first-order chi connectivity index (χ1) is 6.47. The highest BCUT2D eigenvalue weighted by Gasteiger charge is 2.39. The molecule has 0 heterocycles. The van der Waals surface area contributed by atoms with Crippen LogP contribution in [0.15, 0.2) is 0 Å². The monoisotopic (exact) mass is 263 g/mol. The van der Waals surface area contributed by atoms with Crippen LogP contribution in [0.2, 0.25) is 45.8 Å². The maximum absolute atomic E-state index is 6.28. The Balaban J connectivity index is 4.59. The Labute approximate surface area is 98.9 Å².